The smallest absolute Gasteiger partial charge is 0.416 e. The van der Waals surface area contributed by atoms with E-state index in [9.17, 15) is 18.0 Å². The summed E-state index contributed by atoms with van der Waals surface area (Å²) in [5.41, 5.74) is 1.43. The van der Waals surface area contributed by atoms with Gasteiger partial charge in [0.2, 0.25) is 5.91 Å². The minimum absolute atomic E-state index is 0.129. The Morgan fingerprint density at radius 3 is 2.59 bits per heavy atom. The van der Waals surface area contributed by atoms with Crippen LogP contribution in [0.15, 0.2) is 67.3 Å². The van der Waals surface area contributed by atoms with E-state index in [1.165, 1.54) is 18.2 Å². The number of carbonyl (C=O) groups excluding carboxylic acids is 1. The highest BCUT2D eigenvalue weighted by atomic mass is 19.4. The zero-order chi connectivity index (χ0) is 20.9. The molecule has 0 saturated carbocycles. The fourth-order valence-electron chi connectivity index (χ4n) is 2.64. The van der Waals surface area contributed by atoms with E-state index in [2.05, 4.69) is 10.3 Å². The van der Waals surface area contributed by atoms with E-state index >= 15 is 0 Å². The highest BCUT2D eigenvalue weighted by Gasteiger charge is 2.29. The molecule has 2 aromatic carbocycles. The van der Waals surface area contributed by atoms with Gasteiger partial charge in [0.05, 0.1) is 24.7 Å². The van der Waals surface area contributed by atoms with Crippen molar-refractivity contribution in [2.24, 2.45) is 0 Å². The lowest BCUT2D eigenvalue weighted by Crippen LogP contribution is -2.20. The van der Waals surface area contributed by atoms with E-state index in [-0.39, 0.29) is 12.5 Å². The number of hydrogen-bond donors (Lipinski definition) is 1. The van der Waals surface area contributed by atoms with Crippen molar-refractivity contribution in [2.75, 3.05) is 7.11 Å². The van der Waals surface area contributed by atoms with Gasteiger partial charge in [0.25, 0.3) is 0 Å². The average molecular weight is 401 g/mol. The molecule has 8 heteroatoms. The normalized spacial score (nSPS) is 11.6. The molecule has 0 aliphatic carbocycles. The number of nitrogens with zero attached hydrogens (tertiary/aromatic N) is 2. The van der Waals surface area contributed by atoms with Gasteiger partial charge < -0.3 is 14.6 Å². The van der Waals surface area contributed by atoms with E-state index in [0.29, 0.717) is 11.3 Å². The number of halogens is 3. The highest BCUT2D eigenvalue weighted by molar-refractivity contribution is 5.91. The van der Waals surface area contributed by atoms with Crippen molar-refractivity contribution in [2.45, 2.75) is 12.7 Å². The molecule has 3 rings (SSSR count). The van der Waals surface area contributed by atoms with Gasteiger partial charge in [0.15, 0.2) is 0 Å². The monoisotopic (exact) mass is 401 g/mol. The van der Waals surface area contributed by atoms with Gasteiger partial charge in [-0.2, -0.15) is 13.2 Å². The third kappa shape index (κ3) is 5.25. The molecule has 1 heterocycles. The summed E-state index contributed by atoms with van der Waals surface area (Å²) in [7, 11) is 1.56. The van der Waals surface area contributed by atoms with Crippen molar-refractivity contribution < 1.29 is 22.7 Å². The summed E-state index contributed by atoms with van der Waals surface area (Å²) < 4.78 is 44.9. The molecule has 1 aromatic heterocycles. The third-order valence-electron chi connectivity index (χ3n) is 4.16. The Hall–Kier alpha value is -3.55. The molecule has 5 nitrogen and oxygen atoms in total. The summed E-state index contributed by atoms with van der Waals surface area (Å²) in [5.74, 6) is 0.262. The molecule has 0 fully saturated rings. The average Bonchev–Trinajstić information content (AvgIpc) is 3.24. The number of hydrogen-bond acceptors (Lipinski definition) is 3. The van der Waals surface area contributed by atoms with Gasteiger partial charge in [-0.3, -0.25) is 4.79 Å². The second kappa shape index (κ2) is 8.64. The first-order valence-corrected chi connectivity index (χ1v) is 8.65. The first-order valence-electron chi connectivity index (χ1n) is 8.65. The van der Waals surface area contributed by atoms with Gasteiger partial charge in [-0.05, 0) is 41.5 Å². The van der Waals surface area contributed by atoms with E-state index in [4.69, 9.17) is 4.74 Å². The first-order chi connectivity index (χ1) is 13.9. The first kappa shape index (κ1) is 20.2. The SMILES string of the molecule is COc1cc(C=CC(=O)NCc2ccc(C(F)(F)F)cc2)ccc1-n1ccnc1. The zero-order valence-corrected chi connectivity index (χ0v) is 15.5. The topological polar surface area (TPSA) is 56.1 Å². The number of nitrogens with one attached hydrogen (secondary N) is 1. The predicted molar refractivity (Wildman–Crippen MR) is 102 cm³/mol. The van der Waals surface area contributed by atoms with Crippen LogP contribution in [-0.4, -0.2) is 22.6 Å². The highest BCUT2D eigenvalue weighted by Crippen LogP contribution is 2.29. The Morgan fingerprint density at radius 2 is 1.97 bits per heavy atom. The summed E-state index contributed by atoms with van der Waals surface area (Å²) in [6, 6.07) is 10.1. The van der Waals surface area contributed by atoms with Crippen molar-refractivity contribution in [1.29, 1.82) is 0 Å². The number of aromatic nitrogens is 2. The van der Waals surface area contributed by atoms with Crippen molar-refractivity contribution in [3.8, 4) is 11.4 Å². The molecule has 0 unspecified atom stereocenters. The third-order valence-corrected chi connectivity index (χ3v) is 4.16. The van der Waals surface area contributed by atoms with E-state index in [1.807, 2.05) is 16.7 Å². The van der Waals surface area contributed by atoms with Gasteiger partial charge in [-0.25, -0.2) is 4.98 Å². The molecule has 1 amide bonds. The Labute approximate surface area is 165 Å². The van der Waals surface area contributed by atoms with Crippen LogP contribution in [0.4, 0.5) is 13.2 Å². The van der Waals surface area contributed by atoms with Crippen LogP contribution in [0.3, 0.4) is 0 Å². The summed E-state index contributed by atoms with van der Waals surface area (Å²) >= 11 is 0. The van der Waals surface area contributed by atoms with Crippen molar-refractivity contribution in [3.63, 3.8) is 0 Å². The molecule has 0 radical (unpaired) electrons. The van der Waals surface area contributed by atoms with Crippen LogP contribution in [0.2, 0.25) is 0 Å². The van der Waals surface area contributed by atoms with Gasteiger partial charge in [-0.1, -0.05) is 18.2 Å². The maximum Gasteiger partial charge on any atom is 0.416 e. The molecular formula is C21H18F3N3O2. The number of rotatable bonds is 6. The molecule has 0 aliphatic rings. The van der Waals surface area contributed by atoms with Crippen molar-refractivity contribution in [1.82, 2.24) is 14.9 Å². The Bertz CT molecular complexity index is 995. The van der Waals surface area contributed by atoms with Crippen LogP contribution in [0.5, 0.6) is 5.75 Å². The minimum atomic E-state index is -4.38. The van der Waals surface area contributed by atoms with Gasteiger partial charge in [0.1, 0.15) is 5.75 Å². The minimum Gasteiger partial charge on any atom is -0.495 e. The lowest BCUT2D eigenvalue weighted by molar-refractivity contribution is -0.137. The van der Waals surface area contributed by atoms with E-state index in [1.54, 1.807) is 38.0 Å². The number of imidazole rings is 1. The Kier molecular flexibility index (Phi) is 6.01. The van der Waals surface area contributed by atoms with Crippen LogP contribution in [0, 0.1) is 0 Å². The number of ether oxygens (including phenoxy) is 1. The molecule has 29 heavy (non-hydrogen) atoms. The molecule has 0 bridgehead atoms. The number of carbonyl (C=O) groups is 1. The van der Waals surface area contributed by atoms with Crippen LogP contribution in [-0.2, 0) is 17.5 Å². The summed E-state index contributed by atoms with van der Waals surface area (Å²) in [5, 5.41) is 2.64. The molecule has 0 aliphatic heterocycles. The predicted octanol–water partition coefficient (Wildman–Crippen LogP) is 4.23. The van der Waals surface area contributed by atoms with Gasteiger partial charge >= 0.3 is 6.18 Å². The van der Waals surface area contributed by atoms with Crippen molar-refractivity contribution in [3.05, 3.63) is 84.0 Å². The Morgan fingerprint density at radius 1 is 1.21 bits per heavy atom. The zero-order valence-electron chi connectivity index (χ0n) is 15.5. The quantitative estimate of drug-likeness (QED) is 0.629. The van der Waals surface area contributed by atoms with Gasteiger partial charge in [0, 0.05) is 25.0 Å². The van der Waals surface area contributed by atoms with Crippen molar-refractivity contribution >= 4 is 12.0 Å². The summed E-state index contributed by atoms with van der Waals surface area (Å²) in [6.07, 6.45) is 3.72. The molecule has 150 valence electrons. The van der Waals surface area contributed by atoms with Crippen LogP contribution < -0.4 is 10.1 Å². The Balaban J connectivity index is 1.60. The second-order valence-electron chi connectivity index (χ2n) is 6.15. The standard InChI is InChI=1S/C21H18F3N3O2/c1-29-19-12-15(4-8-18(19)27-11-10-25-14-27)5-9-20(28)26-13-16-2-6-17(7-3-16)21(22,23)24/h2-12,14H,13H2,1H3,(H,26,28). The second-order valence-corrected chi connectivity index (χ2v) is 6.15. The molecule has 0 spiro atoms. The van der Waals surface area contributed by atoms with Crippen LogP contribution in [0.1, 0.15) is 16.7 Å². The van der Waals surface area contributed by atoms with E-state index < -0.39 is 11.7 Å². The number of benzene rings is 2. The molecule has 0 saturated heterocycles. The number of methoxy groups -OCH3 is 1. The maximum absolute atomic E-state index is 12.6. The molecular weight excluding hydrogens is 383 g/mol. The fraction of sp³-hybridized carbons (Fsp3) is 0.143. The number of amides is 1. The summed E-state index contributed by atoms with van der Waals surface area (Å²) in [4.78, 5) is 16.0. The van der Waals surface area contributed by atoms with Crippen LogP contribution >= 0.6 is 0 Å². The lowest BCUT2D eigenvalue weighted by atomic mass is 10.1. The molecule has 1 N–H and O–H groups in total. The number of alkyl halides is 3. The lowest BCUT2D eigenvalue weighted by Gasteiger charge is -2.10. The maximum atomic E-state index is 12.6. The molecule has 3 aromatic rings. The van der Waals surface area contributed by atoms with Gasteiger partial charge in [-0.15, -0.1) is 0 Å². The summed E-state index contributed by atoms with van der Waals surface area (Å²) in [6.45, 7) is 0.129. The molecule has 0 atom stereocenters. The van der Waals surface area contributed by atoms with E-state index in [0.717, 1.165) is 23.4 Å². The largest absolute Gasteiger partial charge is 0.495 e. The van der Waals surface area contributed by atoms with Crippen LogP contribution in [0.25, 0.3) is 11.8 Å². The fourth-order valence-corrected chi connectivity index (χ4v) is 2.64.